The van der Waals surface area contributed by atoms with E-state index >= 15 is 0 Å². The van der Waals surface area contributed by atoms with Crippen molar-refractivity contribution in [2.45, 2.75) is 19.6 Å². The number of carbonyl (C=O) groups excluding carboxylic acids is 2. The molecule has 2 aromatic rings. The number of nitrogens with one attached hydrogen (secondary N) is 2. The maximum absolute atomic E-state index is 12.3. The Morgan fingerprint density at radius 3 is 2.75 bits per heavy atom. The number of nitriles is 1. The molecule has 1 saturated heterocycles. The van der Waals surface area contributed by atoms with Crippen LogP contribution in [0.15, 0.2) is 48.5 Å². The van der Waals surface area contributed by atoms with Gasteiger partial charge in [-0.1, -0.05) is 24.3 Å². The first-order chi connectivity index (χ1) is 13.6. The summed E-state index contributed by atoms with van der Waals surface area (Å²) in [6, 6.07) is 16.6. The molecule has 1 fully saturated rings. The minimum atomic E-state index is -0.722. The van der Waals surface area contributed by atoms with E-state index in [-0.39, 0.29) is 11.8 Å². The Hall–Kier alpha value is -3.53. The lowest BCUT2D eigenvalue weighted by Crippen LogP contribution is -2.47. The van der Waals surface area contributed by atoms with Gasteiger partial charge in [-0.2, -0.15) is 5.26 Å². The van der Waals surface area contributed by atoms with Gasteiger partial charge in [-0.15, -0.1) is 0 Å². The quantitative estimate of drug-likeness (QED) is 0.796. The third kappa shape index (κ3) is 4.80. The van der Waals surface area contributed by atoms with Crippen LogP contribution in [-0.2, 0) is 16.1 Å². The molecule has 1 aliphatic heterocycles. The predicted octanol–water partition coefficient (Wildman–Crippen LogP) is 1.58. The average Bonchev–Trinajstić information content (AvgIpc) is 2.72. The van der Waals surface area contributed by atoms with Gasteiger partial charge in [-0.05, 0) is 36.8 Å². The molecule has 144 valence electrons. The Kier molecular flexibility index (Phi) is 6.12. The van der Waals surface area contributed by atoms with Gasteiger partial charge in [0.2, 0.25) is 5.91 Å². The predicted molar refractivity (Wildman–Crippen MR) is 105 cm³/mol. The highest BCUT2D eigenvalue weighted by atomic mass is 16.5. The number of hydrogen-bond donors (Lipinski definition) is 2. The molecule has 28 heavy (non-hydrogen) atoms. The summed E-state index contributed by atoms with van der Waals surface area (Å²) in [6.07, 6.45) is -0.722. The monoisotopic (exact) mass is 378 g/mol. The number of rotatable bonds is 6. The molecule has 7 heteroatoms. The largest absolute Gasteiger partial charge is 0.480 e. The number of para-hydroxylation sites is 1. The molecule has 1 heterocycles. The molecule has 0 aliphatic carbocycles. The molecule has 2 amide bonds. The topological polar surface area (TPSA) is 94.5 Å². The Morgan fingerprint density at radius 2 is 2.04 bits per heavy atom. The Morgan fingerprint density at radius 1 is 1.29 bits per heavy atom. The third-order valence-electron chi connectivity index (χ3n) is 4.49. The van der Waals surface area contributed by atoms with Gasteiger partial charge in [-0.3, -0.25) is 9.59 Å². The van der Waals surface area contributed by atoms with Crippen LogP contribution in [0.5, 0.6) is 5.75 Å². The third-order valence-corrected chi connectivity index (χ3v) is 4.49. The zero-order valence-corrected chi connectivity index (χ0v) is 15.6. The number of nitrogens with zero attached hydrogens (tertiary/aromatic N) is 2. The summed E-state index contributed by atoms with van der Waals surface area (Å²) >= 11 is 0. The molecular weight excluding hydrogens is 356 g/mol. The highest BCUT2D eigenvalue weighted by molar-refractivity contribution is 5.82. The number of hydrogen-bond acceptors (Lipinski definition) is 5. The molecule has 2 aromatic carbocycles. The minimum Gasteiger partial charge on any atom is -0.480 e. The van der Waals surface area contributed by atoms with E-state index in [1.54, 1.807) is 31.2 Å². The van der Waals surface area contributed by atoms with Gasteiger partial charge in [0, 0.05) is 25.3 Å². The highest BCUT2D eigenvalue weighted by Gasteiger charge is 2.17. The van der Waals surface area contributed by atoms with Crippen molar-refractivity contribution in [3.05, 3.63) is 59.7 Å². The summed E-state index contributed by atoms with van der Waals surface area (Å²) < 4.78 is 5.62. The van der Waals surface area contributed by atoms with E-state index in [2.05, 4.69) is 10.6 Å². The van der Waals surface area contributed by atoms with E-state index in [4.69, 9.17) is 10.00 Å². The second-order valence-electron chi connectivity index (χ2n) is 6.52. The smallest absolute Gasteiger partial charge is 0.261 e. The van der Waals surface area contributed by atoms with Crippen molar-refractivity contribution in [2.24, 2.45) is 0 Å². The van der Waals surface area contributed by atoms with E-state index in [0.717, 1.165) is 17.8 Å². The molecular formula is C21H22N4O3. The lowest BCUT2D eigenvalue weighted by Gasteiger charge is -2.28. The molecule has 0 spiro atoms. The van der Waals surface area contributed by atoms with Crippen molar-refractivity contribution in [3.63, 3.8) is 0 Å². The van der Waals surface area contributed by atoms with Crippen molar-refractivity contribution in [1.29, 1.82) is 5.26 Å². The summed E-state index contributed by atoms with van der Waals surface area (Å²) in [4.78, 5) is 25.8. The SMILES string of the molecule is CC(Oc1ccccc1C#N)C(=O)NCc1ccc(N2CCNC(=O)C2)cc1. The molecule has 1 atom stereocenters. The first-order valence-corrected chi connectivity index (χ1v) is 9.11. The lowest BCUT2D eigenvalue weighted by atomic mass is 10.1. The van der Waals surface area contributed by atoms with Crippen molar-refractivity contribution in [1.82, 2.24) is 10.6 Å². The number of carbonyl (C=O) groups is 2. The zero-order chi connectivity index (χ0) is 19.9. The van der Waals surface area contributed by atoms with Gasteiger partial charge >= 0.3 is 0 Å². The fraction of sp³-hybridized carbons (Fsp3) is 0.286. The second-order valence-corrected chi connectivity index (χ2v) is 6.52. The van der Waals surface area contributed by atoms with Crippen LogP contribution in [0.1, 0.15) is 18.1 Å². The van der Waals surface area contributed by atoms with E-state index in [1.807, 2.05) is 35.2 Å². The molecule has 7 nitrogen and oxygen atoms in total. The zero-order valence-electron chi connectivity index (χ0n) is 15.6. The fourth-order valence-corrected chi connectivity index (χ4v) is 2.92. The molecule has 0 bridgehead atoms. The van der Waals surface area contributed by atoms with Crippen LogP contribution >= 0.6 is 0 Å². The van der Waals surface area contributed by atoms with Crippen molar-refractivity contribution in [3.8, 4) is 11.8 Å². The number of piperazine rings is 1. The summed E-state index contributed by atoms with van der Waals surface area (Å²) in [5, 5.41) is 14.7. The number of ether oxygens (including phenoxy) is 1. The maximum atomic E-state index is 12.3. The molecule has 0 aromatic heterocycles. The first kappa shape index (κ1) is 19.2. The summed E-state index contributed by atoms with van der Waals surface area (Å²) in [5.41, 5.74) is 2.32. The van der Waals surface area contributed by atoms with E-state index < -0.39 is 6.10 Å². The van der Waals surface area contributed by atoms with Crippen molar-refractivity contribution >= 4 is 17.5 Å². The Balaban J connectivity index is 1.52. The van der Waals surface area contributed by atoms with Crippen LogP contribution < -0.4 is 20.3 Å². The average molecular weight is 378 g/mol. The molecule has 0 saturated carbocycles. The first-order valence-electron chi connectivity index (χ1n) is 9.11. The second kappa shape index (κ2) is 8.91. The van der Waals surface area contributed by atoms with Crippen LogP contribution in [-0.4, -0.2) is 37.6 Å². The highest BCUT2D eigenvalue weighted by Crippen LogP contribution is 2.18. The molecule has 3 rings (SSSR count). The number of amides is 2. The summed E-state index contributed by atoms with van der Waals surface area (Å²) in [5.74, 6) is 0.154. The standard InChI is InChI=1S/C21H22N4O3/c1-15(28-19-5-3-2-4-17(19)12-22)21(27)24-13-16-6-8-18(9-7-16)25-11-10-23-20(26)14-25/h2-9,15H,10-11,13-14H2,1H3,(H,23,26)(H,24,27). The number of benzene rings is 2. The van der Waals surface area contributed by atoms with Gasteiger partial charge in [0.15, 0.2) is 6.10 Å². The van der Waals surface area contributed by atoms with Gasteiger partial charge in [0.25, 0.3) is 5.91 Å². The molecule has 1 aliphatic rings. The lowest BCUT2D eigenvalue weighted by molar-refractivity contribution is -0.127. The van der Waals surface area contributed by atoms with Gasteiger partial charge < -0.3 is 20.3 Å². The van der Waals surface area contributed by atoms with Crippen LogP contribution in [0.25, 0.3) is 0 Å². The van der Waals surface area contributed by atoms with E-state index in [0.29, 0.717) is 30.9 Å². The van der Waals surface area contributed by atoms with Gasteiger partial charge in [0.1, 0.15) is 11.8 Å². The van der Waals surface area contributed by atoms with Crippen LogP contribution in [0.4, 0.5) is 5.69 Å². The summed E-state index contributed by atoms with van der Waals surface area (Å²) in [7, 11) is 0. The van der Waals surface area contributed by atoms with Crippen LogP contribution in [0.3, 0.4) is 0 Å². The fourth-order valence-electron chi connectivity index (χ4n) is 2.92. The van der Waals surface area contributed by atoms with Gasteiger partial charge in [-0.25, -0.2) is 0 Å². The Labute approximate surface area is 163 Å². The van der Waals surface area contributed by atoms with Crippen LogP contribution in [0.2, 0.25) is 0 Å². The normalized spacial score (nSPS) is 14.6. The molecule has 0 radical (unpaired) electrons. The molecule has 1 unspecified atom stereocenters. The summed E-state index contributed by atoms with van der Waals surface area (Å²) in [6.45, 7) is 3.79. The van der Waals surface area contributed by atoms with E-state index in [1.165, 1.54) is 0 Å². The van der Waals surface area contributed by atoms with E-state index in [9.17, 15) is 9.59 Å². The maximum Gasteiger partial charge on any atom is 0.261 e. The Bertz CT molecular complexity index is 889. The van der Waals surface area contributed by atoms with Crippen LogP contribution in [0, 0.1) is 11.3 Å². The molecule has 2 N–H and O–H groups in total. The van der Waals surface area contributed by atoms with Crippen molar-refractivity contribution in [2.75, 3.05) is 24.5 Å². The minimum absolute atomic E-state index is 0.0227. The number of anilines is 1. The van der Waals surface area contributed by atoms with Gasteiger partial charge in [0.05, 0.1) is 12.1 Å². The van der Waals surface area contributed by atoms with Crippen molar-refractivity contribution < 1.29 is 14.3 Å².